The Morgan fingerprint density at radius 3 is 2.94 bits per heavy atom. The summed E-state index contributed by atoms with van der Waals surface area (Å²) in [6.07, 6.45) is 0. The molecule has 1 aliphatic heterocycles. The molecular weight excluding hydrogens is 302 g/mol. The number of para-hydroxylation sites is 1. The van der Waals surface area contributed by atoms with Crippen LogP contribution in [0.15, 0.2) is 41.4 Å². The van der Waals surface area contributed by atoms with Gasteiger partial charge in [-0.25, -0.2) is 4.99 Å². The lowest BCUT2D eigenvalue weighted by Gasteiger charge is -2.13. The SMILES string of the molecule is Clc1ccc(CSC2=Nc3ccccc3CS2)s1. The van der Waals surface area contributed by atoms with Crippen molar-refractivity contribution < 1.29 is 0 Å². The first-order valence-electron chi connectivity index (χ1n) is 5.48. The fraction of sp³-hybridized carbons (Fsp3) is 0.154. The standard InChI is InChI=1S/C13H10ClNS3/c14-12-6-5-10(18-12)8-17-13-15-11-4-2-1-3-9(11)7-16-13/h1-6H,7-8H2. The number of hydrogen-bond donors (Lipinski definition) is 0. The van der Waals surface area contributed by atoms with Crippen molar-refractivity contribution in [3.8, 4) is 0 Å². The Bertz CT molecular complexity index is 591. The van der Waals surface area contributed by atoms with Gasteiger partial charge in [-0.1, -0.05) is 53.3 Å². The number of fused-ring (bicyclic) bond motifs is 1. The van der Waals surface area contributed by atoms with Gasteiger partial charge in [0.05, 0.1) is 10.0 Å². The van der Waals surface area contributed by atoms with Crippen molar-refractivity contribution in [3.05, 3.63) is 51.2 Å². The molecule has 2 aromatic rings. The van der Waals surface area contributed by atoms with Crippen molar-refractivity contribution in [2.45, 2.75) is 11.5 Å². The van der Waals surface area contributed by atoms with E-state index in [9.17, 15) is 0 Å². The highest BCUT2D eigenvalue weighted by molar-refractivity contribution is 8.38. The first kappa shape index (κ1) is 12.6. The van der Waals surface area contributed by atoms with E-state index >= 15 is 0 Å². The topological polar surface area (TPSA) is 12.4 Å². The third-order valence-electron chi connectivity index (χ3n) is 2.52. The summed E-state index contributed by atoms with van der Waals surface area (Å²) in [5.74, 6) is 1.97. The fourth-order valence-electron chi connectivity index (χ4n) is 1.65. The molecule has 1 nitrogen and oxygen atoms in total. The minimum Gasteiger partial charge on any atom is -0.235 e. The number of halogens is 1. The molecule has 0 unspecified atom stereocenters. The van der Waals surface area contributed by atoms with E-state index < -0.39 is 0 Å². The molecule has 0 saturated carbocycles. The first-order valence-corrected chi connectivity index (χ1v) is 8.64. The highest BCUT2D eigenvalue weighted by atomic mass is 35.5. The van der Waals surface area contributed by atoms with Gasteiger partial charge in [0, 0.05) is 16.4 Å². The molecule has 18 heavy (non-hydrogen) atoms. The van der Waals surface area contributed by atoms with E-state index in [0.717, 1.165) is 25.9 Å². The molecule has 0 spiro atoms. The van der Waals surface area contributed by atoms with Crippen molar-refractivity contribution in [1.82, 2.24) is 0 Å². The molecule has 0 fully saturated rings. The maximum atomic E-state index is 5.92. The smallest absolute Gasteiger partial charge is 0.131 e. The van der Waals surface area contributed by atoms with Crippen LogP contribution in [-0.2, 0) is 11.5 Å². The van der Waals surface area contributed by atoms with Gasteiger partial charge in [-0.05, 0) is 23.8 Å². The zero-order valence-corrected chi connectivity index (χ0v) is 12.6. The lowest BCUT2D eigenvalue weighted by molar-refractivity contribution is 1.36. The van der Waals surface area contributed by atoms with Crippen LogP contribution >= 0.6 is 46.5 Å². The molecule has 3 rings (SSSR count). The largest absolute Gasteiger partial charge is 0.235 e. The second-order valence-corrected chi connectivity index (χ2v) is 7.78. The van der Waals surface area contributed by atoms with Crippen molar-refractivity contribution in [2.75, 3.05) is 0 Å². The van der Waals surface area contributed by atoms with E-state index in [0.29, 0.717) is 0 Å². The molecule has 1 aromatic heterocycles. The number of benzene rings is 1. The molecular formula is C13H10ClNS3. The summed E-state index contributed by atoms with van der Waals surface area (Å²) >= 11 is 11.2. The fourth-order valence-corrected chi connectivity index (χ4v) is 4.84. The summed E-state index contributed by atoms with van der Waals surface area (Å²) in [5, 5.41) is 0. The predicted octanol–water partition coefficient (Wildman–Crippen LogP) is 5.57. The lowest BCUT2D eigenvalue weighted by atomic mass is 10.2. The minimum atomic E-state index is 0.856. The van der Waals surface area contributed by atoms with Gasteiger partial charge in [-0.3, -0.25) is 0 Å². The van der Waals surface area contributed by atoms with Crippen LogP contribution in [0.25, 0.3) is 0 Å². The molecule has 1 aliphatic rings. The number of thioether (sulfide) groups is 2. The summed E-state index contributed by atoms with van der Waals surface area (Å²) in [4.78, 5) is 5.98. The highest BCUT2D eigenvalue weighted by Gasteiger charge is 2.12. The number of nitrogens with zero attached hydrogens (tertiary/aromatic N) is 1. The van der Waals surface area contributed by atoms with Crippen LogP contribution in [0.2, 0.25) is 4.34 Å². The average Bonchev–Trinajstić information content (AvgIpc) is 2.82. The molecule has 0 radical (unpaired) electrons. The Hall–Kier alpha value is -0.420. The summed E-state index contributed by atoms with van der Waals surface area (Å²) in [5.41, 5.74) is 2.44. The molecule has 0 aliphatic carbocycles. The maximum Gasteiger partial charge on any atom is 0.131 e. The normalized spacial score (nSPS) is 14.2. The Kier molecular flexibility index (Phi) is 3.99. The molecule has 0 amide bonds. The average molecular weight is 312 g/mol. The molecule has 1 aromatic carbocycles. The van der Waals surface area contributed by atoms with E-state index in [1.54, 1.807) is 23.1 Å². The highest BCUT2D eigenvalue weighted by Crippen LogP contribution is 2.36. The second kappa shape index (κ2) is 5.70. The Morgan fingerprint density at radius 2 is 2.11 bits per heavy atom. The maximum absolute atomic E-state index is 5.92. The molecule has 5 heteroatoms. The van der Waals surface area contributed by atoms with Crippen LogP contribution in [0.4, 0.5) is 5.69 Å². The lowest BCUT2D eigenvalue weighted by Crippen LogP contribution is -1.95. The van der Waals surface area contributed by atoms with Gasteiger partial charge >= 0.3 is 0 Å². The van der Waals surface area contributed by atoms with E-state index in [4.69, 9.17) is 11.6 Å². The summed E-state index contributed by atoms with van der Waals surface area (Å²) in [6.45, 7) is 0. The molecule has 0 saturated heterocycles. The zero-order chi connectivity index (χ0) is 12.4. The van der Waals surface area contributed by atoms with Crippen LogP contribution in [0.5, 0.6) is 0 Å². The van der Waals surface area contributed by atoms with Crippen LogP contribution in [-0.4, -0.2) is 4.38 Å². The van der Waals surface area contributed by atoms with Gasteiger partial charge in [0.1, 0.15) is 4.38 Å². The Balaban J connectivity index is 1.70. The zero-order valence-electron chi connectivity index (χ0n) is 9.43. The first-order chi connectivity index (χ1) is 8.81. The number of rotatable bonds is 2. The van der Waals surface area contributed by atoms with Crippen molar-refractivity contribution in [3.63, 3.8) is 0 Å². The van der Waals surface area contributed by atoms with E-state index in [-0.39, 0.29) is 0 Å². The van der Waals surface area contributed by atoms with Crippen LogP contribution in [0.1, 0.15) is 10.4 Å². The van der Waals surface area contributed by atoms with Crippen molar-refractivity contribution in [1.29, 1.82) is 0 Å². The predicted molar refractivity (Wildman–Crippen MR) is 85.5 cm³/mol. The summed E-state index contributed by atoms with van der Waals surface area (Å²) < 4.78 is 2.01. The molecule has 0 N–H and O–H groups in total. The van der Waals surface area contributed by atoms with Crippen LogP contribution in [0.3, 0.4) is 0 Å². The van der Waals surface area contributed by atoms with Crippen LogP contribution in [0, 0.1) is 0 Å². The summed E-state index contributed by atoms with van der Waals surface area (Å²) in [7, 11) is 0. The number of aliphatic imine (C=N–C) groups is 1. The summed E-state index contributed by atoms with van der Waals surface area (Å²) in [6, 6.07) is 12.4. The van der Waals surface area contributed by atoms with E-state index in [2.05, 4.69) is 29.3 Å². The van der Waals surface area contributed by atoms with Crippen molar-refractivity contribution >= 4 is 56.5 Å². The van der Waals surface area contributed by atoms with Gasteiger partial charge in [-0.2, -0.15) is 0 Å². The Morgan fingerprint density at radius 1 is 1.22 bits per heavy atom. The number of thiophene rings is 1. The van der Waals surface area contributed by atoms with Gasteiger partial charge in [0.2, 0.25) is 0 Å². The minimum absolute atomic E-state index is 0.856. The Labute approximate surface area is 124 Å². The number of hydrogen-bond acceptors (Lipinski definition) is 4. The second-order valence-electron chi connectivity index (χ2n) is 3.79. The third-order valence-corrected chi connectivity index (χ3v) is 6.23. The van der Waals surface area contributed by atoms with Crippen LogP contribution < -0.4 is 0 Å². The monoisotopic (exact) mass is 311 g/mol. The van der Waals surface area contributed by atoms with Gasteiger partial charge < -0.3 is 0 Å². The molecule has 2 heterocycles. The molecule has 92 valence electrons. The van der Waals surface area contributed by atoms with Gasteiger partial charge in [0.15, 0.2) is 0 Å². The van der Waals surface area contributed by atoms with Crippen molar-refractivity contribution in [2.24, 2.45) is 4.99 Å². The third kappa shape index (κ3) is 2.94. The van der Waals surface area contributed by atoms with E-state index in [1.807, 2.05) is 23.9 Å². The molecule has 0 atom stereocenters. The van der Waals surface area contributed by atoms with Gasteiger partial charge in [-0.15, -0.1) is 11.3 Å². The van der Waals surface area contributed by atoms with E-state index in [1.165, 1.54) is 10.4 Å². The molecule has 0 bridgehead atoms. The quantitative estimate of drug-likeness (QED) is 0.719. The van der Waals surface area contributed by atoms with Gasteiger partial charge in [0.25, 0.3) is 0 Å².